The second-order valence-electron chi connectivity index (χ2n) is 7.38. The van der Waals surface area contributed by atoms with Gasteiger partial charge in [-0.05, 0) is 56.9 Å². The predicted molar refractivity (Wildman–Crippen MR) is 115 cm³/mol. The smallest absolute Gasteiger partial charge is 0.322 e. The first-order valence-electron chi connectivity index (χ1n) is 10.7. The number of benzene rings is 1. The minimum atomic E-state index is -0.351. The number of nitrogens with one attached hydrogen (secondary N) is 1. The van der Waals surface area contributed by atoms with Crippen LogP contribution in [0.15, 0.2) is 41.0 Å². The molecule has 2 amide bonds. The fourth-order valence-corrected chi connectivity index (χ4v) is 3.54. The third-order valence-electron chi connectivity index (χ3n) is 5.12. The Bertz CT molecular complexity index is 846. The van der Waals surface area contributed by atoms with Crippen molar-refractivity contribution in [2.24, 2.45) is 0 Å². The molecule has 1 aliphatic rings. The van der Waals surface area contributed by atoms with Crippen molar-refractivity contribution in [3.8, 4) is 11.5 Å². The molecule has 2 aromatic rings. The fraction of sp³-hybridized carbons (Fsp3) is 0.478. The molecule has 8 nitrogen and oxygen atoms in total. The second-order valence-corrected chi connectivity index (χ2v) is 7.38. The molecule has 1 N–H and O–H groups in total. The number of methoxy groups -OCH3 is 1. The van der Waals surface area contributed by atoms with Gasteiger partial charge in [-0.25, -0.2) is 4.79 Å². The topological polar surface area (TPSA) is 90.2 Å². The molecule has 0 unspecified atom stereocenters. The third kappa shape index (κ3) is 6.67. The number of anilines is 1. The molecule has 3 rings (SSSR count). The van der Waals surface area contributed by atoms with Crippen LogP contribution in [0.4, 0.5) is 10.5 Å². The first-order valence-corrected chi connectivity index (χ1v) is 10.7. The van der Waals surface area contributed by atoms with Crippen LogP contribution in [-0.4, -0.2) is 43.3 Å². The van der Waals surface area contributed by atoms with Crippen molar-refractivity contribution < 1.29 is 28.2 Å². The van der Waals surface area contributed by atoms with Gasteiger partial charge in [0.05, 0.1) is 39.0 Å². The number of furan rings is 1. The third-order valence-corrected chi connectivity index (χ3v) is 5.12. The molecule has 0 spiro atoms. The van der Waals surface area contributed by atoms with Gasteiger partial charge >= 0.3 is 12.0 Å². The van der Waals surface area contributed by atoms with Gasteiger partial charge in [-0.1, -0.05) is 0 Å². The molecule has 0 saturated heterocycles. The lowest BCUT2D eigenvalue weighted by Gasteiger charge is -2.22. The molecule has 0 bridgehead atoms. The zero-order chi connectivity index (χ0) is 22.1. The lowest BCUT2D eigenvalue weighted by atomic mass is 10.2. The standard InChI is InChI=1S/C23H30N2O6/c1-3-29-22(26)12-13-25(16-19-9-6-14-30-19)23(27)24-17-10-11-20(28-2)21(15-17)31-18-7-4-5-8-18/h6,9-11,14-15,18H,3-5,7-8,12-13,16H2,1-2H3,(H,24,27). The summed E-state index contributed by atoms with van der Waals surface area (Å²) in [5.41, 5.74) is 0.583. The van der Waals surface area contributed by atoms with Crippen molar-refractivity contribution >= 4 is 17.7 Å². The van der Waals surface area contributed by atoms with E-state index in [-0.39, 0.29) is 37.6 Å². The Morgan fingerprint density at radius 2 is 2.00 bits per heavy atom. The van der Waals surface area contributed by atoms with Crippen LogP contribution in [0.3, 0.4) is 0 Å². The van der Waals surface area contributed by atoms with Crippen LogP contribution in [-0.2, 0) is 16.1 Å². The molecule has 168 valence electrons. The fourth-order valence-electron chi connectivity index (χ4n) is 3.54. The Morgan fingerprint density at radius 1 is 1.19 bits per heavy atom. The highest BCUT2D eigenvalue weighted by molar-refractivity contribution is 5.90. The van der Waals surface area contributed by atoms with Gasteiger partial charge in [0.1, 0.15) is 5.76 Å². The molecule has 1 heterocycles. The van der Waals surface area contributed by atoms with E-state index in [0.29, 0.717) is 29.6 Å². The van der Waals surface area contributed by atoms with Crippen molar-refractivity contribution in [3.05, 3.63) is 42.4 Å². The molecule has 0 radical (unpaired) electrons. The van der Waals surface area contributed by atoms with Gasteiger partial charge in [0.15, 0.2) is 11.5 Å². The van der Waals surface area contributed by atoms with Crippen LogP contribution in [0, 0.1) is 0 Å². The molecule has 0 atom stereocenters. The zero-order valence-electron chi connectivity index (χ0n) is 18.1. The lowest BCUT2D eigenvalue weighted by Crippen LogP contribution is -2.36. The van der Waals surface area contributed by atoms with Gasteiger partial charge in [-0.3, -0.25) is 4.79 Å². The summed E-state index contributed by atoms with van der Waals surface area (Å²) in [6, 6.07) is 8.49. The Balaban J connectivity index is 1.69. The number of hydrogen-bond donors (Lipinski definition) is 1. The molecular weight excluding hydrogens is 400 g/mol. The number of esters is 1. The number of amides is 2. The Morgan fingerprint density at radius 3 is 2.68 bits per heavy atom. The number of carbonyl (C=O) groups excluding carboxylic acids is 2. The first-order chi connectivity index (χ1) is 15.1. The summed E-state index contributed by atoms with van der Waals surface area (Å²) < 4.78 is 21.9. The van der Waals surface area contributed by atoms with Crippen LogP contribution in [0.1, 0.15) is 44.8 Å². The van der Waals surface area contributed by atoms with Crippen molar-refractivity contribution in [1.82, 2.24) is 4.90 Å². The maximum Gasteiger partial charge on any atom is 0.322 e. The number of nitrogens with zero attached hydrogens (tertiary/aromatic N) is 1. The number of urea groups is 1. The van der Waals surface area contributed by atoms with E-state index in [1.807, 2.05) is 0 Å². The summed E-state index contributed by atoms with van der Waals surface area (Å²) in [6.45, 7) is 2.49. The van der Waals surface area contributed by atoms with Crippen LogP contribution >= 0.6 is 0 Å². The summed E-state index contributed by atoms with van der Waals surface area (Å²) in [4.78, 5) is 26.3. The van der Waals surface area contributed by atoms with E-state index in [4.69, 9.17) is 18.6 Å². The zero-order valence-corrected chi connectivity index (χ0v) is 18.1. The summed E-state index contributed by atoms with van der Waals surface area (Å²) in [7, 11) is 1.59. The van der Waals surface area contributed by atoms with Gasteiger partial charge < -0.3 is 28.8 Å². The Hall–Kier alpha value is -3.16. The maximum absolute atomic E-state index is 13.0. The summed E-state index contributed by atoms with van der Waals surface area (Å²) in [6.07, 6.45) is 6.17. The largest absolute Gasteiger partial charge is 0.493 e. The van der Waals surface area contributed by atoms with Crippen LogP contribution in [0.25, 0.3) is 0 Å². The Kier molecular flexibility index (Phi) is 8.20. The van der Waals surface area contributed by atoms with E-state index in [2.05, 4.69) is 5.32 Å². The van der Waals surface area contributed by atoms with Crippen LogP contribution in [0.2, 0.25) is 0 Å². The predicted octanol–water partition coefficient (Wildman–Crippen LogP) is 4.60. The molecule has 0 aliphatic heterocycles. The summed E-state index contributed by atoms with van der Waals surface area (Å²) in [5, 5.41) is 2.88. The molecule has 1 aliphatic carbocycles. The molecule has 8 heteroatoms. The SMILES string of the molecule is CCOC(=O)CCN(Cc1ccco1)C(=O)Nc1ccc(OC)c(OC2CCCC2)c1. The molecule has 31 heavy (non-hydrogen) atoms. The average Bonchev–Trinajstić information content (AvgIpc) is 3.46. The second kappa shape index (κ2) is 11.3. The van der Waals surface area contributed by atoms with E-state index >= 15 is 0 Å². The monoisotopic (exact) mass is 430 g/mol. The number of carbonyl (C=O) groups is 2. The highest BCUT2D eigenvalue weighted by atomic mass is 16.5. The molecule has 1 saturated carbocycles. The highest BCUT2D eigenvalue weighted by Crippen LogP contribution is 2.34. The van der Waals surface area contributed by atoms with Gasteiger partial charge in [0, 0.05) is 18.3 Å². The average molecular weight is 431 g/mol. The van der Waals surface area contributed by atoms with E-state index in [1.165, 1.54) is 4.90 Å². The van der Waals surface area contributed by atoms with Gasteiger partial charge in [-0.15, -0.1) is 0 Å². The molecule has 1 aromatic heterocycles. The normalized spacial score (nSPS) is 13.6. The van der Waals surface area contributed by atoms with Crippen molar-refractivity contribution in [2.75, 3.05) is 25.6 Å². The quantitative estimate of drug-likeness (QED) is 0.554. The molecular formula is C23H30N2O6. The van der Waals surface area contributed by atoms with E-state index in [9.17, 15) is 9.59 Å². The van der Waals surface area contributed by atoms with E-state index in [0.717, 1.165) is 25.7 Å². The minimum absolute atomic E-state index is 0.0978. The van der Waals surface area contributed by atoms with Crippen molar-refractivity contribution in [2.45, 2.75) is 51.7 Å². The van der Waals surface area contributed by atoms with Crippen molar-refractivity contribution in [3.63, 3.8) is 0 Å². The summed E-state index contributed by atoms with van der Waals surface area (Å²) in [5.74, 6) is 1.51. The molecule has 1 fully saturated rings. The maximum atomic E-state index is 13.0. The Labute approximate surface area is 182 Å². The van der Waals surface area contributed by atoms with Crippen LogP contribution in [0.5, 0.6) is 11.5 Å². The summed E-state index contributed by atoms with van der Waals surface area (Å²) >= 11 is 0. The van der Waals surface area contributed by atoms with Crippen molar-refractivity contribution in [1.29, 1.82) is 0 Å². The van der Waals surface area contributed by atoms with E-state index < -0.39 is 0 Å². The number of ether oxygens (including phenoxy) is 3. The minimum Gasteiger partial charge on any atom is -0.493 e. The van der Waals surface area contributed by atoms with Gasteiger partial charge in [-0.2, -0.15) is 0 Å². The van der Waals surface area contributed by atoms with Gasteiger partial charge in [0.2, 0.25) is 0 Å². The van der Waals surface area contributed by atoms with Gasteiger partial charge in [0.25, 0.3) is 0 Å². The van der Waals surface area contributed by atoms with E-state index in [1.54, 1.807) is 50.6 Å². The molecule has 1 aromatic carbocycles. The van der Waals surface area contributed by atoms with Crippen LogP contribution < -0.4 is 14.8 Å². The number of hydrogen-bond acceptors (Lipinski definition) is 6. The highest BCUT2D eigenvalue weighted by Gasteiger charge is 2.21. The first kappa shape index (κ1) is 22.5. The lowest BCUT2D eigenvalue weighted by molar-refractivity contribution is -0.143. The number of rotatable bonds is 10.